The van der Waals surface area contributed by atoms with Gasteiger partial charge in [0.05, 0.1) is 27.6 Å². The van der Waals surface area contributed by atoms with Gasteiger partial charge < -0.3 is 14.4 Å². The van der Waals surface area contributed by atoms with Gasteiger partial charge in [-0.1, -0.05) is 12.1 Å². The van der Waals surface area contributed by atoms with Crippen LogP contribution >= 0.6 is 0 Å². The number of carbonyl (C=O) groups excluding carboxylic acids is 3. The zero-order valence-electron chi connectivity index (χ0n) is 17.0. The van der Waals surface area contributed by atoms with Gasteiger partial charge in [0.2, 0.25) is 9.84 Å². The summed E-state index contributed by atoms with van der Waals surface area (Å²) < 4.78 is 36.6. The SMILES string of the molecule is C[C@H]1CN(C(=O)COC(=O)c2ccc3c(c2)S(=O)(=O)c2ccccc2C3=O)C[C@H](C)O1. The van der Waals surface area contributed by atoms with Crippen molar-refractivity contribution >= 4 is 27.5 Å². The Morgan fingerprint density at radius 2 is 1.68 bits per heavy atom. The molecule has 0 unspecified atom stereocenters. The Morgan fingerprint density at radius 3 is 2.39 bits per heavy atom. The van der Waals surface area contributed by atoms with E-state index >= 15 is 0 Å². The summed E-state index contributed by atoms with van der Waals surface area (Å²) in [5.41, 5.74) is 0.0542. The lowest BCUT2D eigenvalue weighted by atomic mass is 10.0. The minimum absolute atomic E-state index is 0.00242. The van der Waals surface area contributed by atoms with Crippen LogP contribution in [0.1, 0.15) is 40.1 Å². The van der Waals surface area contributed by atoms with E-state index in [-0.39, 0.29) is 44.6 Å². The molecule has 0 aromatic heterocycles. The van der Waals surface area contributed by atoms with Gasteiger partial charge in [-0.05, 0) is 44.2 Å². The van der Waals surface area contributed by atoms with Crippen LogP contribution in [0.5, 0.6) is 0 Å². The Bertz CT molecular complexity index is 1180. The molecule has 0 N–H and O–H groups in total. The lowest BCUT2D eigenvalue weighted by molar-refractivity contribution is -0.146. The number of hydrogen-bond acceptors (Lipinski definition) is 7. The van der Waals surface area contributed by atoms with Gasteiger partial charge in [0.15, 0.2) is 12.4 Å². The van der Waals surface area contributed by atoms with Crippen molar-refractivity contribution in [2.24, 2.45) is 0 Å². The number of fused-ring (bicyclic) bond motifs is 2. The normalized spacial score (nSPS) is 21.7. The van der Waals surface area contributed by atoms with Gasteiger partial charge in [0.25, 0.3) is 5.91 Å². The quantitative estimate of drug-likeness (QED) is 0.569. The van der Waals surface area contributed by atoms with Crippen molar-refractivity contribution in [2.45, 2.75) is 35.8 Å². The Kier molecular flexibility index (Phi) is 5.40. The maximum atomic E-state index is 13.0. The summed E-state index contributed by atoms with van der Waals surface area (Å²) in [5, 5.41) is 0. The Hall–Kier alpha value is -3.04. The average Bonchev–Trinajstić information content (AvgIpc) is 2.75. The molecule has 0 spiro atoms. The molecule has 1 fully saturated rings. The van der Waals surface area contributed by atoms with Gasteiger partial charge >= 0.3 is 5.97 Å². The summed E-state index contributed by atoms with van der Waals surface area (Å²) in [7, 11) is -3.97. The molecule has 162 valence electrons. The fraction of sp³-hybridized carbons (Fsp3) is 0.318. The topological polar surface area (TPSA) is 107 Å². The first-order chi connectivity index (χ1) is 14.7. The lowest BCUT2D eigenvalue weighted by Crippen LogP contribution is -2.49. The average molecular weight is 443 g/mol. The summed E-state index contributed by atoms with van der Waals surface area (Å²) in [4.78, 5) is 38.8. The van der Waals surface area contributed by atoms with E-state index in [0.717, 1.165) is 6.07 Å². The molecule has 2 aromatic rings. The number of ether oxygens (including phenoxy) is 2. The van der Waals surface area contributed by atoms with Gasteiger partial charge in [-0.3, -0.25) is 9.59 Å². The molecule has 31 heavy (non-hydrogen) atoms. The van der Waals surface area contributed by atoms with Crippen molar-refractivity contribution in [3.8, 4) is 0 Å². The maximum Gasteiger partial charge on any atom is 0.338 e. The molecule has 1 amide bonds. The van der Waals surface area contributed by atoms with Crippen molar-refractivity contribution in [2.75, 3.05) is 19.7 Å². The molecule has 0 aliphatic carbocycles. The number of esters is 1. The van der Waals surface area contributed by atoms with Gasteiger partial charge in [0.1, 0.15) is 0 Å². The first-order valence-electron chi connectivity index (χ1n) is 9.81. The summed E-state index contributed by atoms with van der Waals surface area (Å²) in [6.07, 6.45) is -0.232. The van der Waals surface area contributed by atoms with Gasteiger partial charge in [-0.15, -0.1) is 0 Å². The van der Waals surface area contributed by atoms with Crippen LogP contribution in [0.25, 0.3) is 0 Å². The van der Waals surface area contributed by atoms with Crippen molar-refractivity contribution in [1.29, 1.82) is 0 Å². The van der Waals surface area contributed by atoms with E-state index in [1.165, 1.54) is 30.3 Å². The molecule has 2 heterocycles. The van der Waals surface area contributed by atoms with Crippen LogP contribution in [0.2, 0.25) is 0 Å². The zero-order valence-corrected chi connectivity index (χ0v) is 17.8. The van der Waals surface area contributed by atoms with Crippen LogP contribution in [0.4, 0.5) is 0 Å². The third kappa shape index (κ3) is 3.86. The van der Waals surface area contributed by atoms with Crippen LogP contribution in [0, 0.1) is 0 Å². The molecule has 4 rings (SSSR count). The van der Waals surface area contributed by atoms with Gasteiger partial charge in [-0.25, -0.2) is 13.2 Å². The summed E-state index contributed by atoms with van der Waals surface area (Å²) in [6, 6.07) is 9.70. The molecule has 9 heteroatoms. The summed E-state index contributed by atoms with van der Waals surface area (Å²) >= 11 is 0. The van der Waals surface area contributed by atoms with Crippen molar-refractivity contribution in [3.05, 3.63) is 59.2 Å². The molecule has 0 saturated carbocycles. The van der Waals surface area contributed by atoms with E-state index in [1.54, 1.807) is 11.0 Å². The van der Waals surface area contributed by atoms with E-state index < -0.39 is 28.2 Å². The van der Waals surface area contributed by atoms with E-state index in [0.29, 0.717) is 13.1 Å². The molecule has 2 aliphatic rings. The second kappa shape index (κ2) is 7.90. The van der Waals surface area contributed by atoms with Crippen LogP contribution in [-0.4, -0.2) is 62.9 Å². The Balaban J connectivity index is 1.53. The largest absolute Gasteiger partial charge is 0.452 e. The van der Waals surface area contributed by atoms with Gasteiger partial charge in [0, 0.05) is 24.2 Å². The monoisotopic (exact) mass is 443 g/mol. The number of ketones is 1. The van der Waals surface area contributed by atoms with E-state index in [4.69, 9.17) is 9.47 Å². The second-order valence-corrected chi connectivity index (χ2v) is 9.56. The Labute approximate surface area is 179 Å². The zero-order chi connectivity index (χ0) is 22.3. The number of sulfone groups is 1. The number of hydrogen-bond donors (Lipinski definition) is 0. The van der Waals surface area contributed by atoms with Crippen LogP contribution in [0.15, 0.2) is 52.3 Å². The summed E-state index contributed by atoms with van der Waals surface area (Å²) in [6.45, 7) is 4.05. The third-order valence-corrected chi connectivity index (χ3v) is 7.12. The molecule has 0 radical (unpaired) electrons. The predicted molar refractivity (Wildman–Crippen MR) is 109 cm³/mol. The molecule has 2 aromatic carbocycles. The highest BCUT2D eigenvalue weighted by molar-refractivity contribution is 7.91. The van der Waals surface area contributed by atoms with Crippen molar-refractivity contribution < 1.29 is 32.3 Å². The van der Waals surface area contributed by atoms with E-state index in [9.17, 15) is 22.8 Å². The number of morpholine rings is 1. The summed E-state index contributed by atoms with van der Waals surface area (Å²) in [5.74, 6) is -1.62. The molecule has 2 atom stereocenters. The fourth-order valence-electron chi connectivity index (χ4n) is 3.89. The lowest BCUT2D eigenvalue weighted by Gasteiger charge is -2.35. The molecule has 0 bridgehead atoms. The minimum Gasteiger partial charge on any atom is -0.452 e. The number of nitrogens with zero attached hydrogens (tertiary/aromatic N) is 1. The highest BCUT2D eigenvalue weighted by atomic mass is 32.2. The number of amides is 1. The second-order valence-electron chi connectivity index (χ2n) is 7.67. The van der Waals surface area contributed by atoms with Crippen molar-refractivity contribution in [1.82, 2.24) is 4.90 Å². The first kappa shape index (κ1) is 21.2. The maximum absolute atomic E-state index is 13.0. The third-order valence-electron chi connectivity index (χ3n) is 5.27. The smallest absolute Gasteiger partial charge is 0.338 e. The first-order valence-corrected chi connectivity index (χ1v) is 11.3. The molecular formula is C22H21NO7S. The van der Waals surface area contributed by atoms with Crippen LogP contribution in [-0.2, 0) is 24.1 Å². The number of rotatable bonds is 3. The Morgan fingerprint density at radius 1 is 1.03 bits per heavy atom. The minimum atomic E-state index is -3.97. The fourth-order valence-corrected chi connectivity index (χ4v) is 5.57. The van der Waals surface area contributed by atoms with Gasteiger partial charge in [-0.2, -0.15) is 0 Å². The van der Waals surface area contributed by atoms with E-state index in [2.05, 4.69) is 0 Å². The highest BCUT2D eigenvalue weighted by Crippen LogP contribution is 2.34. The molecule has 2 aliphatic heterocycles. The number of carbonyl (C=O) groups is 3. The molecular weight excluding hydrogens is 422 g/mol. The molecule has 8 nitrogen and oxygen atoms in total. The van der Waals surface area contributed by atoms with E-state index in [1.807, 2.05) is 13.8 Å². The molecule has 1 saturated heterocycles. The highest BCUT2D eigenvalue weighted by Gasteiger charge is 2.35. The number of benzene rings is 2. The predicted octanol–water partition coefficient (Wildman–Crippen LogP) is 1.86. The van der Waals surface area contributed by atoms with Crippen LogP contribution < -0.4 is 0 Å². The van der Waals surface area contributed by atoms with Crippen LogP contribution in [0.3, 0.4) is 0 Å². The van der Waals surface area contributed by atoms with Crippen molar-refractivity contribution in [3.63, 3.8) is 0 Å². The standard InChI is InChI=1S/C22H21NO7S/c1-13-10-23(11-14(2)30-13)20(24)12-29-22(26)15-7-8-17-19(9-15)31(27,28)18-6-4-3-5-16(18)21(17)25/h3-9,13-14H,10-12H2,1-2H3/t13-,14-/m0/s1.